The summed E-state index contributed by atoms with van der Waals surface area (Å²) in [6.45, 7) is 5.61. The predicted molar refractivity (Wildman–Crippen MR) is 90.4 cm³/mol. The Morgan fingerprint density at radius 1 is 1.33 bits per heavy atom. The highest BCUT2D eigenvalue weighted by Crippen LogP contribution is 2.29. The van der Waals surface area contributed by atoms with Crippen molar-refractivity contribution in [3.8, 4) is 0 Å². The lowest BCUT2D eigenvalue weighted by Gasteiger charge is -2.37. The summed E-state index contributed by atoms with van der Waals surface area (Å²) in [5.41, 5.74) is 0.447. The van der Waals surface area contributed by atoms with Crippen molar-refractivity contribution in [3.63, 3.8) is 0 Å². The third kappa shape index (κ3) is 4.12. The lowest BCUT2D eigenvalue weighted by atomic mass is 9.82. The number of hydrogen-bond donors (Lipinski definition) is 1. The number of benzene rings is 1. The van der Waals surface area contributed by atoms with E-state index in [2.05, 4.69) is 5.32 Å². The van der Waals surface area contributed by atoms with Crippen LogP contribution >= 0.6 is 24.0 Å². The van der Waals surface area contributed by atoms with Gasteiger partial charge in [-0.1, -0.05) is 23.7 Å². The quantitative estimate of drug-likeness (QED) is 0.922. The summed E-state index contributed by atoms with van der Waals surface area (Å²) in [4.78, 5) is 14.8. The summed E-state index contributed by atoms with van der Waals surface area (Å²) < 4.78 is 0. The molecule has 1 heterocycles. The van der Waals surface area contributed by atoms with Crippen LogP contribution in [0, 0.1) is 0 Å². The van der Waals surface area contributed by atoms with E-state index in [1.54, 1.807) is 0 Å². The van der Waals surface area contributed by atoms with E-state index in [4.69, 9.17) is 11.6 Å². The normalized spacial score (nSPS) is 16.5. The van der Waals surface area contributed by atoms with Gasteiger partial charge in [-0.05, 0) is 51.4 Å². The molecule has 1 aromatic carbocycles. The zero-order valence-corrected chi connectivity index (χ0v) is 14.4. The Balaban J connectivity index is 0.00000220. The van der Waals surface area contributed by atoms with Gasteiger partial charge in [0.1, 0.15) is 0 Å². The van der Waals surface area contributed by atoms with Crippen molar-refractivity contribution in [2.75, 3.05) is 20.1 Å². The number of halogens is 2. The Morgan fingerprint density at radius 3 is 2.48 bits per heavy atom. The van der Waals surface area contributed by atoms with Gasteiger partial charge in [0.25, 0.3) is 0 Å². The van der Waals surface area contributed by atoms with Gasteiger partial charge in [-0.25, -0.2) is 0 Å². The standard InChI is InChI=1S/C16H23ClN2O.ClH/c1-16(2,12-5-4-6-13(17)11-12)15(20)19-9-7-14(18-3)8-10-19;/h4-6,11,14,18H,7-10H2,1-3H3;1H. The number of nitrogens with zero attached hydrogens (tertiary/aromatic N) is 1. The highest BCUT2D eigenvalue weighted by atomic mass is 35.5. The van der Waals surface area contributed by atoms with Gasteiger partial charge in [0, 0.05) is 24.2 Å². The maximum absolute atomic E-state index is 12.8. The van der Waals surface area contributed by atoms with Crippen LogP contribution in [0.25, 0.3) is 0 Å². The van der Waals surface area contributed by atoms with E-state index in [0.717, 1.165) is 31.5 Å². The van der Waals surface area contributed by atoms with Crippen molar-refractivity contribution < 1.29 is 4.79 Å². The van der Waals surface area contributed by atoms with Gasteiger partial charge in [0.2, 0.25) is 5.91 Å². The molecule has 0 atom stereocenters. The van der Waals surface area contributed by atoms with E-state index in [9.17, 15) is 4.79 Å². The van der Waals surface area contributed by atoms with Crippen LogP contribution in [0.5, 0.6) is 0 Å². The van der Waals surface area contributed by atoms with Gasteiger partial charge in [-0.3, -0.25) is 4.79 Å². The van der Waals surface area contributed by atoms with Gasteiger partial charge in [0.15, 0.2) is 0 Å². The third-order valence-electron chi connectivity index (χ3n) is 4.27. The second-order valence-electron chi connectivity index (χ2n) is 5.99. The number of rotatable bonds is 3. The first kappa shape index (κ1) is 18.3. The summed E-state index contributed by atoms with van der Waals surface area (Å²) in [6, 6.07) is 8.14. The first-order valence-corrected chi connectivity index (χ1v) is 7.55. The van der Waals surface area contributed by atoms with Crippen molar-refractivity contribution in [1.29, 1.82) is 0 Å². The second-order valence-corrected chi connectivity index (χ2v) is 6.43. The molecule has 0 spiro atoms. The van der Waals surface area contributed by atoms with Crippen LogP contribution in [0.4, 0.5) is 0 Å². The number of nitrogens with one attached hydrogen (secondary N) is 1. The van der Waals surface area contributed by atoms with E-state index in [1.165, 1.54) is 0 Å². The van der Waals surface area contributed by atoms with E-state index < -0.39 is 5.41 Å². The van der Waals surface area contributed by atoms with Crippen LogP contribution in [-0.4, -0.2) is 37.0 Å². The van der Waals surface area contributed by atoms with Crippen molar-refractivity contribution in [2.24, 2.45) is 0 Å². The first-order valence-electron chi connectivity index (χ1n) is 7.18. The molecule has 1 saturated heterocycles. The molecule has 1 N–H and O–H groups in total. The van der Waals surface area contributed by atoms with Crippen LogP contribution in [0.3, 0.4) is 0 Å². The molecule has 0 aliphatic carbocycles. The SMILES string of the molecule is CNC1CCN(C(=O)C(C)(C)c2cccc(Cl)c2)CC1.Cl. The topological polar surface area (TPSA) is 32.3 Å². The smallest absolute Gasteiger partial charge is 0.232 e. The Kier molecular flexibility index (Phi) is 6.51. The molecule has 0 aromatic heterocycles. The van der Waals surface area contributed by atoms with Gasteiger partial charge < -0.3 is 10.2 Å². The zero-order valence-electron chi connectivity index (χ0n) is 12.9. The number of carbonyl (C=O) groups is 1. The Bertz CT molecular complexity index is 483. The van der Waals surface area contributed by atoms with E-state index in [-0.39, 0.29) is 18.3 Å². The predicted octanol–water partition coefficient (Wildman–Crippen LogP) is 3.25. The van der Waals surface area contributed by atoms with Crippen molar-refractivity contribution >= 4 is 29.9 Å². The molecule has 5 heteroatoms. The largest absolute Gasteiger partial charge is 0.342 e. The molecule has 0 unspecified atom stereocenters. The van der Waals surface area contributed by atoms with E-state index in [1.807, 2.05) is 50.1 Å². The molecule has 1 amide bonds. The fourth-order valence-electron chi connectivity index (χ4n) is 2.77. The fraction of sp³-hybridized carbons (Fsp3) is 0.562. The molecule has 3 nitrogen and oxygen atoms in total. The van der Waals surface area contributed by atoms with Gasteiger partial charge in [0.05, 0.1) is 5.41 Å². The van der Waals surface area contributed by atoms with Crippen molar-refractivity contribution in [1.82, 2.24) is 10.2 Å². The lowest BCUT2D eigenvalue weighted by Crippen LogP contribution is -2.49. The fourth-order valence-corrected chi connectivity index (χ4v) is 2.96. The molecule has 1 aromatic rings. The number of carbonyl (C=O) groups excluding carboxylic acids is 1. The maximum atomic E-state index is 12.8. The zero-order chi connectivity index (χ0) is 14.8. The Labute approximate surface area is 138 Å². The molecule has 118 valence electrons. The third-order valence-corrected chi connectivity index (χ3v) is 4.51. The second kappa shape index (κ2) is 7.48. The average Bonchev–Trinajstić information content (AvgIpc) is 2.46. The molecule has 0 bridgehead atoms. The van der Waals surface area contributed by atoms with Gasteiger partial charge >= 0.3 is 0 Å². The average molecular weight is 331 g/mol. The van der Waals surface area contributed by atoms with Gasteiger partial charge in [-0.2, -0.15) is 0 Å². The molecule has 1 fully saturated rings. The number of amides is 1. The summed E-state index contributed by atoms with van der Waals surface area (Å²) in [5, 5.41) is 3.96. The van der Waals surface area contributed by atoms with Gasteiger partial charge in [-0.15, -0.1) is 12.4 Å². The van der Waals surface area contributed by atoms with Crippen LogP contribution in [0.15, 0.2) is 24.3 Å². The maximum Gasteiger partial charge on any atom is 0.232 e. The molecular weight excluding hydrogens is 307 g/mol. The summed E-state index contributed by atoms with van der Waals surface area (Å²) >= 11 is 6.05. The van der Waals surface area contributed by atoms with Crippen LogP contribution in [0.2, 0.25) is 5.02 Å². The summed E-state index contributed by atoms with van der Waals surface area (Å²) in [6.07, 6.45) is 2.04. The molecular formula is C16H24Cl2N2O. The molecule has 21 heavy (non-hydrogen) atoms. The molecule has 0 radical (unpaired) electrons. The van der Waals surface area contributed by atoms with Crippen LogP contribution in [-0.2, 0) is 10.2 Å². The van der Waals surface area contributed by atoms with E-state index >= 15 is 0 Å². The first-order chi connectivity index (χ1) is 9.45. The monoisotopic (exact) mass is 330 g/mol. The Hall–Kier alpha value is -0.770. The minimum Gasteiger partial charge on any atom is -0.342 e. The molecule has 0 saturated carbocycles. The number of hydrogen-bond acceptors (Lipinski definition) is 2. The van der Waals surface area contributed by atoms with Crippen molar-refractivity contribution in [3.05, 3.63) is 34.9 Å². The Morgan fingerprint density at radius 2 is 1.95 bits per heavy atom. The molecule has 1 aliphatic heterocycles. The number of likely N-dealkylation sites (tertiary alicyclic amines) is 1. The summed E-state index contributed by atoms with van der Waals surface area (Å²) in [7, 11) is 1.98. The number of piperidine rings is 1. The highest BCUT2D eigenvalue weighted by molar-refractivity contribution is 6.30. The minimum absolute atomic E-state index is 0. The summed E-state index contributed by atoms with van der Waals surface area (Å²) in [5.74, 6) is 0.189. The van der Waals surface area contributed by atoms with Crippen LogP contribution in [0.1, 0.15) is 32.3 Å². The van der Waals surface area contributed by atoms with E-state index in [0.29, 0.717) is 11.1 Å². The lowest BCUT2D eigenvalue weighted by molar-refractivity contribution is -0.137. The highest BCUT2D eigenvalue weighted by Gasteiger charge is 2.35. The van der Waals surface area contributed by atoms with Crippen molar-refractivity contribution in [2.45, 2.75) is 38.1 Å². The minimum atomic E-state index is -0.530. The van der Waals surface area contributed by atoms with Crippen LogP contribution < -0.4 is 5.32 Å². The molecule has 2 rings (SSSR count). The molecule has 1 aliphatic rings.